The third-order valence-corrected chi connectivity index (χ3v) is 4.86. The SMILES string of the molecule is C1=CCC(C2CC=CC3c4ccccc4CC23)=C1. The van der Waals surface area contributed by atoms with Crippen LogP contribution in [-0.4, -0.2) is 0 Å². The Balaban J connectivity index is 1.71. The van der Waals surface area contributed by atoms with Gasteiger partial charge in [0.25, 0.3) is 0 Å². The molecule has 1 aromatic carbocycles. The van der Waals surface area contributed by atoms with Crippen molar-refractivity contribution >= 4 is 0 Å². The molecule has 90 valence electrons. The molecule has 0 amide bonds. The van der Waals surface area contributed by atoms with E-state index in [-0.39, 0.29) is 0 Å². The lowest BCUT2D eigenvalue weighted by Crippen LogP contribution is -2.22. The fraction of sp³-hybridized carbons (Fsp3) is 0.333. The van der Waals surface area contributed by atoms with Crippen molar-refractivity contribution in [1.29, 1.82) is 0 Å². The third-order valence-electron chi connectivity index (χ3n) is 4.86. The van der Waals surface area contributed by atoms with Crippen LogP contribution in [0.15, 0.2) is 60.2 Å². The van der Waals surface area contributed by atoms with Crippen molar-refractivity contribution in [1.82, 2.24) is 0 Å². The smallest absolute Gasteiger partial charge is 0.00579 e. The van der Waals surface area contributed by atoms with Crippen LogP contribution in [-0.2, 0) is 6.42 Å². The van der Waals surface area contributed by atoms with Gasteiger partial charge in [0.1, 0.15) is 0 Å². The van der Waals surface area contributed by atoms with Crippen LogP contribution >= 0.6 is 0 Å². The van der Waals surface area contributed by atoms with E-state index in [1.807, 2.05) is 0 Å². The summed E-state index contributed by atoms with van der Waals surface area (Å²) in [7, 11) is 0. The zero-order valence-electron chi connectivity index (χ0n) is 10.5. The van der Waals surface area contributed by atoms with Crippen LogP contribution in [0.25, 0.3) is 0 Å². The highest BCUT2D eigenvalue weighted by atomic mass is 14.4. The molecule has 3 atom stereocenters. The summed E-state index contributed by atoms with van der Waals surface area (Å²) in [6.45, 7) is 0. The number of benzene rings is 1. The van der Waals surface area contributed by atoms with Gasteiger partial charge >= 0.3 is 0 Å². The molecule has 0 aromatic heterocycles. The molecule has 1 aromatic rings. The molecule has 0 aliphatic heterocycles. The minimum Gasteiger partial charge on any atom is -0.0873 e. The number of rotatable bonds is 1. The Morgan fingerprint density at radius 1 is 1.06 bits per heavy atom. The standard InChI is InChI=1S/C18H18/c1-2-7-13(6-1)15-10-5-11-17-16-9-4-3-8-14(16)12-18(15)17/h1-6,8-9,11,15,17-18H,7,10,12H2. The normalized spacial score (nSPS) is 32.2. The summed E-state index contributed by atoms with van der Waals surface area (Å²) >= 11 is 0. The Morgan fingerprint density at radius 2 is 2.00 bits per heavy atom. The molecule has 0 fully saturated rings. The first-order valence-electron chi connectivity index (χ1n) is 7.03. The molecule has 18 heavy (non-hydrogen) atoms. The van der Waals surface area contributed by atoms with E-state index in [0.29, 0.717) is 5.92 Å². The number of hydrogen-bond donors (Lipinski definition) is 0. The molecule has 0 heterocycles. The average Bonchev–Trinajstić information content (AvgIpc) is 3.05. The fourth-order valence-corrected chi connectivity index (χ4v) is 4.01. The maximum Gasteiger partial charge on any atom is 0.00579 e. The maximum absolute atomic E-state index is 2.45. The van der Waals surface area contributed by atoms with Gasteiger partial charge in [-0.25, -0.2) is 0 Å². The van der Waals surface area contributed by atoms with Crippen LogP contribution < -0.4 is 0 Å². The van der Waals surface area contributed by atoms with Crippen LogP contribution in [0.4, 0.5) is 0 Å². The molecule has 0 bridgehead atoms. The zero-order chi connectivity index (χ0) is 11.9. The van der Waals surface area contributed by atoms with Crippen LogP contribution in [0.5, 0.6) is 0 Å². The summed E-state index contributed by atoms with van der Waals surface area (Å²) in [4.78, 5) is 0. The number of fused-ring (bicyclic) bond motifs is 3. The van der Waals surface area contributed by atoms with Gasteiger partial charge in [-0.05, 0) is 42.2 Å². The van der Waals surface area contributed by atoms with Crippen molar-refractivity contribution in [2.75, 3.05) is 0 Å². The summed E-state index contributed by atoms with van der Waals surface area (Å²) in [6, 6.07) is 9.02. The first kappa shape index (κ1) is 10.4. The van der Waals surface area contributed by atoms with Crippen molar-refractivity contribution in [2.24, 2.45) is 11.8 Å². The lowest BCUT2D eigenvalue weighted by Gasteiger charge is -2.31. The highest BCUT2D eigenvalue weighted by Gasteiger charge is 2.38. The quantitative estimate of drug-likeness (QED) is 0.632. The molecule has 3 unspecified atom stereocenters. The summed E-state index contributed by atoms with van der Waals surface area (Å²) < 4.78 is 0. The van der Waals surface area contributed by atoms with E-state index in [1.165, 1.54) is 19.3 Å². The van der Waals surface area contributed by atoms with Crippen LogP contribution in [0.3, 0.4) is 0 Å². The highest BCUT2D eigenvalue weighted by molar-refractivity contribution is 5.42. The number of hydrogen-bond acceptors (Lipinski definition) is 0. The predicted molar refractivity (Wildman–Crippen MR) is 75.5 cm³/mol. The second-order valence-corrected chi connectivity index (χ2v) is 5.74. The Labute approximate surface area is 109 Å². The molecule has 0 heteroatoms. The summed E-state index contributed by atoms with van der Waals surface area (Å²) in [5.74, 6) is 2.24. The van der Waals surface area contributed by atoms with Gasteiger partial charge in [0.2, 0.25) is 0 Å². The van der Waals surface area contributed by atoms with Gasteiger partial charge in [0, 0.05) is 5.92 Å². The van der Waals surface area contributed by atoms with Gasteiger partial charge in [-0.1, -0.05) is 60.2 Å². The molecule has 0 N–H and O–H groups in total. The monoisotopic (exact) mass is 234 g/mol. The van der Waals surface area contributed by atoms with E-state index in [1.54, 1.807) is 16.7 Å². The van der Waals surface area contributed by atoms with E-state index in [2.05, 4.69) is 54.6 Å². The lowest BCUT2D eigenvalue weighted by molar-refractivity contribution is 0.351. The lowest BCUT2D eigenvalue weighted by atomic mass is 9.73. The molecule has 4 rings (SSSR count). The molecule has 0 radical (unpaired) electrons. The fourth-order valence-electron chi connectivity index (χ4n) is 4.01. The van der Waals surface area contributed by atoms with Crippen LogP contribution in [0.1, 0.15) is 29.9 Å². The minimum absolute atomic E-state index is 0.668. The molecular formula is C18H18. The summed E-state index contributed by atoms with van der Waals surface area (Å²) in [5, 5.41) is 0. The molecular weight excluding hydrogens is 216 g/mol. The van der Waals surface area contributed by atoms with Crippen molar-refractivity contribution < 1.29 is 0 Å². The Hall–Kier alpha value is -1.56. The van der Waals surface area contributed by atoms with Gasteiger partial charge in [-0.2, -0.15) is 0 Å². The average molecular weight is 234 g/mol. The van der Waals surface area contributed by atoms with Crippen LogP contribution in [0.2, 0.25) is 0 Å². The van der Waals surface area contributed by atoms with Crippen molar-refractivity contribution in [3.05, 3.63) is 71.3 Å². The molecule has 0 saturated heterocycles. The zero-order valence-corrected chi connectivity index (χ0v) is 10.5. The van der Waals surface area contributed by atoms with Gasteiger partial charge in [-0.15, -0.1) is 0 Å². The molecule has 3 aliphatic carbocycles. The van der Waals surface area contributed by atoms with E-state index >= 15 is 0 Å². The highest BCUT2D eigenvalue weighted by Crippen LogP contribution is 2.49. The van der Waals surface area contributed by atoms with E-state index in [0.717, 1.165) is 11.8 Å². The van der Waals surface area contributed by atoms with E-state index in [9.17, 15) is 0 Å². The Bertz CT molecular complexity index is 559. The van der Waals surface area contributed by atoms with E-state index < -0.39 is 0 Å². The van der Waals surface area contributed by atoms with Gasteiger partial charge < -0.3 is 0 Å². The third kappa shape index (κ3) is 1.45. The number of allylic oxidation sites excluding steroid dienone is 6. The largest absolute Gasteiger partial charge is 0.0873 e. The van der Waals surface area contributed by atoms with Gasteiger partial charge in [0.05, 0.1) is 0 Å². The molecule has 0 spiro atoms. The summed E-state index contributed by atoms with van der Waals surface area (Å²) in [5.41, 5.74) is 4.81. The van der Waals surface area contributed by atoms with Gasteiger partial charge in [-0.3, -0.25) is 0 Å². The first-order valence-corrected chi connectivity index (χ1v) is 7.03. The van der Waals surface area contributed by atoms with Crippen molar-refractivity contribution in [2.45, 2.75) is 25.2 Å². The minimum atomic E-state index is 0.668. The summed E-state index contributed by atoms with van der Waals surface area (Å²) in [6.07, 6.45) is 15.4. The predicted octanol–water partition coefficient (Wildman–Crippen LogP) is 4.40. The second kappa shape index (κ2) is 3.98. The van der Waals surface area contributed by atoms with Crippen LogP contribution in [0, 0.1) is 11.8 Å². The molecule has 0 nitrogen and oxygen atoms in total. The van der Waals surface area contributed by atoms with E-state index in [4.69, 9.17) is 0 Å². The van der Waals surface area contributed by atoms with Crippen molar-refractivity contribution in [3.63, 3.8) is 0 Å². The first-order chi connectivity index (χ1) is 8.93. The second-order valence-electron chi connectivity index (χ2n) is 5.74. The molecule has 0 saturated carbocycles. The maximum atomic E-state index is 2.45. The molecule has 3 aliphatic rings. The topological polar surface area (TPSA) is 0 Å². The van der Waals surface area contributed by atoms with Gasteiger partial charge in [0.15, 0.2) is 0 Å². The Morgan fingerprint density at radius 3 is 2.89 bits per heavy atom. The van der Waals surface area contributed by atoms with Crippen molar-refractivity contribution in [3.8, 4) is 0 Å². The Kier molecular flexibility index (Phi) is 2.29.